The van der Waals surface area contributed by atoms with Crippen molar-refractivity contribution in [2.75, 3.05) is 25.4 Å². The minimum Gasteiger partial charge on any atom is -0.504 e. The van der Waals surface area contributed by atoms with Crippen LogP contribution in [0.1, 0.15) is 114 Å². The van der Waals surface area contributed by atoms with Crippen molar-refractivity contribution in [3.8, 4) is 35.2 Å². The SMILES string of the molecule is CC(=O)O[C@H]1C[C@@H](O)CC[C@@]23C#C[C@@H]4C[C@@H]5C#C[C@@H](CNC[C@]6(C5)C[C@@H](CCN6)Oc5cc(c(C(O)O)cc5O)C[C@@H]41)SSC[C@@]1(C[C@@H]4C=C[C@H]5CCC[C@]5(C4)C1)NC(N)=N[C@@H]2C=CC[C@@H]3O. The Labute approximate surface area is 403 Å². The van der Waals surface area contributed by atoms with Crippen molar-refractivity contribution in [2.24, 2.45) is 51.1 Å². The summed E-state index contributed by atoms with van der Waals surface area (Å²) >= 11 is 0. The monoisotopic (exact) mass is 955 g/mol. The number of aliphatic hydroxyl groups excluding tert-OH is 3. The summed E-state index contributed by atoms with van der Waals surface area (Å²) in [5.41, 5.74) is 6.08. The van der Waals surface area contributed by atoms with Crippen molar-refractivity contribution in [1.29, 1.82) is 0 Å². The number of esters is 1. The third-order valence-corrected chi connectivity index (χ3v) is 19.8. The Morgan fingerprint density at radius 1 is 1.03 bits per heavy atom. The number of benzene rings is 1. The van der Waals surface area contributed by atoms with E-state index in [0.717, 1.165) is 18.6 Å². The zero-order chi connectivity index (χ0) is 46.6. The molecule has 1 aromatic rings. The summed E-state index contributed by atoms with van der Waals surface area (Å²) in [7, 11) is 3.69. The van der Waals surface area contributed by atoms with E-state index in [-0.39, 0.29) is 64.6 Å². The summed E-state index contributed by atoms with van der Waals surface area (Å²) in [5.74, 6) is 15.4. The van der Waals surface area contributed by atoms with E-state index in [1.54, 1.807) is 6.07 Å². The standard InChI is InChI=1S/C52H69N5O8S2/c1-31(58)64-43-21-37(59)12-16-52-15-11-34-18-32-8-10-39(27-54-29-50(24-32)26-38(13-17-55-50)65-44-20-35(19-40(34)43)41(47(62)63)22-42(44)60)67-66-30-51(57-48(53)56-45(52)5-2-6-46(52)61)25-33-7-9-36-4-3-14-49(36,23-33)28-51/h2,5,7,9,20,22,32-34,36-40,43,45-47,54-55,59-63H,3-4,6,12-14,16-19,21,23-30H2,1H3,(H3,53,56,57)/t32-,33+,34+,36+,37-,38+,39-,40-,43-,45+,46-,49-,50-,51-,52-/m0/s1. The van der Waals surface area contributed by atoms with Crippen molar-refractivity contribution in [3.63, 3.8) is 0 Å². The molecule has 4 spiro atoms. The first-order chi connectivity index (χ1) is 32.2. The first-order valence-electron chi connectivity index (χ1n) is 24.9. The lowest BCUT2D eigenvalue weighted by atomic mass is 9.56. The first-order valence-corrected chi connectivity index (χ1v) is 27.3. The molecule has 10 bridgehead atoms. The van der Waals surface area contributed by atoms with E-state index in [2.05, 4.69) is 51.8 Å². The Bertz CT molecular complexity index is 2270. The van der Waals surface area contributed by atoms with Crippen LogP contribution in [0.25, 0.3) is 0 Å². The Kier molecular flexibility index (Phi) is 13.5. The number of piperidine rings is 1. The molecule has 13 nitrogen and oxygen atoms in total. The van der Waals surface area contributed by atoms with Gasteiger partial charge in [-0.3, -0.25) is 4.79 Å². The molecule has 10 rings (SSSR count). The number of hydrogen-bond donors (Lipinski definition) is 9. The van der Waals surface area contributed by atoms with Crippen LogP contribution in [0.4, 0.5) is 0 Å². The molecule has 5 aliphatic carbocycles. The number of phenolic OH excluding ortho intramolecular Hbond substituents is 1. The summed E-state index contributed by atoms with van der Waals surface area (Å²) in [6.45, 7) is 3.38. The highest BCUT2D eigenvalue weighted by Gasteiger charge is 2.55. The van der Waals surface area contributed by atoms with Gasteiger partial charge in [0, 0.05) is 67.5 Å². The lowest BCUT2D eigenvalue weighted by Gasteiger charge is -2.53. The van der Waals surface area contributed by atoms with Gasteiger partial charge in [-0.05, 0) is 119 Å². The molecule has 15 atom stereocenters. The molecule has 362 valence electrons. The number of ether oxygens (including phenoxy) is 2. The number of allylic oxidation sites excluding steroid dienone is 2. The van der Waals surface area contributed by atoms with Crippen LogP contribution in [0, 0.1) is 64.1 Å². The quantitative estimate of drug-likeness (QED) is 0.0645. The number of hydrogen-bond acceptors (Lipinski definition) is 15. The maximum atomic E-state index is 13.1. The lowest BCUT2D eigenvalue weighted by molar-refractivity contribution is -0.152. The van der Waals surface area contributed by atoms with Crippen molar-refractivity contribution in [3.05, 3.63) is 47.6 Å². The number of nitrogens with one attached hydrogen (secondary N) is 3. The Balaban J connectivity index is 1.16. The van der Waals surface area contributed by atoms with E-state index in [0.29, 0.717) is 81.5 Å². The van der Waals surface area contributed by atoms with Gasteiger partial charge in [-0.15, -0.1) is 0 Å². The summed E-state index contributed by atoms with van der Waals surface area (Å²) in [5, 5.41) is 69.0. The molecule has 0 radical (unpaired) electrons. The third kappa shape index (κ3) is 9.75. The van der Waals surface area contributed by atoms with E-state index in [4.69, 9.17) is 20.2 Å². The number of aromatic hydroxyl groups is 1. The summed E-state index contributed by atoms with van der Waals surface area (Å²) < 4.78 is 12.9. The highest BCUT2D eigenvalue weighted by atomic mass is 33.1. The molecule has 10 N–H and O–H groups in total. The predicted molar refractivity (Wildman–Crippen MR) is 260 cm³/mol. The molecule has 4 aliphatic heterocycles. The molecule has 1 saturated heterocycles. The van der Waals surface area contributed by atoms with Crippen molar-refractivity contribution in [1.82, 2.24) is 16.0 Å². The molecule has 2 saturated carbocycles. The van der Waals surface area contributed by atoms with Crippen molar-refractivity contribution >= 4 is 33.5 Å². The summed E-state index contributed by atoms with van der Waals surface area (Å²) in [4.78, 5) is 18.4. The Morgan fingerprint density at radius 2 is 1.91 bits per heavy atom. The second-order valence-electron chi connectivity index (χ2n) is 21.7. The average molecular weight is 956 g/mol. The fraction of sp³-hybridized carbons (Fsp3) is 0.692. The second kappa shape index (κ2) is 19.1. The minimum absolute atomic E-state index is 0.0389. The number of fused-ring (bicyclic) bond motifs is 5. The van der Waals surface area contributed by atoms with Gasteiger partial charge in [-0.25, -0.2) is 4.99 Å². The van der Waals surface area contributed by atoms with E-state index in [1.165, 1.54) is 38.7 Å². The molecule has 0 unspecified atom stereocenters. The largest absolute Gasteiger partial charge is 0.504 e. The first kappa shape index (κ1) is 47.3. The highest BCUT2D eigenvalue weighted by molar-refractivity contribution is 8.77. The van der Waals surface area contributed by atoms with Gasteiger partial charge < -0.3 is 56.7 Å². The molecule has 0 amide bonds. The van der Waals surface area contributed by atoms with Gasteiger partial charge >= 0.3 is 5.97 Å². The lowest BCUT2D eigenvalue weighted by Crippen LogP contribution is -2.60. The van der Waals surface area contributed by atoms with Crippen LogP contribution in [0.15, 0.2) is 41.4 Å². The van der Waals surface area contributed by atoms with E-state index >= 15 is 0 Å². The molecule has 9 aliphatic rings. The molecule has 1 aromatic carbocycles. The van der Waals surface area contributed by atoms with Gasteiger partial charge in [-0.1, -0.05) is 76.0 Å². The molecular formula is C52H69N5O8S2. The van der Waals surface area contributed by atoms with E-state index < -0.39 is 59.4 Å². The number of aliphatic imine (C=N–C) groups is 1. The molecular weight excluding hydrogens is 887 g/mol. The number of aliphatic hydroxyl groups is 4. The third-order valence-electron chi connectivity index (χ3n) is 17.0. The van der Waals surface area contributed by atoms with Gasteiger partial charge in [-0.2, -0.15) is 0 Å². The molecule has 15 heteroatoms. The highest BCUT2D eigenvalue weighted by Crippen LogP contribution is 2.60. The molecule has 3 fully saturated rings. The van der Waals surface area contributed by atoms with Gasteiger partial charge in [0.05, 0.1) is 34.5 Å². The van der Waals surface area contributed by atoms with Crippen molar-refractivity contribution in [2.45, 2.75) is 156 Å². The smallest absolute Gasteiger partial charge is 0.302 e. The van der Waals surface area contributed by atoms with Crippen molar-refractivity contribution < 1.29 is 39.8 Å². The zero-order valence-corrected chi connectivity index (χ0v) is 40.3. The van der Waals surface area contributed by atoms with E-state index in [1.807, 2.05) is 33.7 Å². The Morgan fingerprint density at radius 3 is 2.76 bits per heavy atom. The molecule has 67 heavy (non-hydrogen) atoms. The second-order valence-corrected chi connectivity index (χ2v) is 24.3. The number of carbonyl (C=O) groups is 1. The maximum absolute atomic E-state index is 13.1. The fourth-order valence-corrected chi connectivity index (χ4v) is 16.9. The Hall–Kier alpha value is -3.38. The fourth-order valence-electron chi connectivity index (χ4n) is 14.1. The number of nitrogens with two attached hydrogens (primary N) is 1. The number of carbonyl (C=O) groups excluding carboxylic acids is 1. The van der Waals surface area contributed by atoms with Crippen LogP contribution in [0.5, 0.6) is 11.5 Å². The topological polar surface area (TPSA) is 211 Å². The van der Waals surface area contributed by atoms with Gasteiger partial charge in [0.2, 0.25) is 0 Å². The normalized spacial score (nSPS) is 42.5. The number of nitrogens with zero attached hydrogens (tertiary/aromatic N) is 1. The summed E-state index contributed by atoms with van der Waals surface area (Å²) in [6, 6.07) is 2.40. The van der Waals surface area contributed by atoms with E-state index in [9.17, 15) is 30.3 Å². The number of phenols is 1. The van der Waals surface area contributed by atoms with Crippen LogP contribution in [-0.4, -0.2) is 110 Å². The van der Waals surface area contributed by atoms with Gasteiger partial charge in [0.25, 0.3) is 0 Å². The zero-order valence-electron chi connectivity index (χ0n) is 38.6. The molecule has 4 heterocycles. The number of rotatable bonds is 2. The van der Waals surface area contributed by atoms with Crippen LogP contribution in [0.2, 0.25) is 0 Å². The van der Waals surface area contributed by atoms with Gasteiger partial charge in [0.15, 0.2) is 23.7 Å². The van der Waals surface area contributed by atoms with Crippen LogP contribution >= 0.6 is 21.6 Å². The van der Waals surface area contributed by atoms with Gasteiger partial charge in [0.1, 0.15) is 12.2 Å². The maximum Gasteiger partial charge on any atom is 0.302 e. The predicted octanol–water partition coefficient (Wildman–Crippen LogP) is 4.76. The minimum atomic E-state index is -1.93. The molecule has 0 aromatic heterocycles. The average Bonchev–Trinajstić information content (AvgIpc) is 3.69. The number of guanidine groups is 1. The van der Waals surface area contributed by atoms with Crippen LogP contribution in [0.3, 0.4) is 0 Å². The van der Waals surface area contributed by atoms with Crippen LogP contribution < -0.4 is 26.4 Å². The summed E-state index contributed by atoms with van der Waals surface area (Å²) in [6.07, 6.45) is 14.5. The van der Waals surface area contributed by atoms with Crippen LogP contribution in [-0.2, 0) is 16.0 Å².